The first-order valence-corrected chi connectivity index (χ1v) is 6.21. The van der Waals surface area contributed by atoms with E-state index >= 15 is 0 Å². The van der Waals surface area contributed by atoms with Crippen molar-refractivity contribution in [2.24, 2.45) is 4.99 Å². The Bertz CT molecular complexity index is 336. The zero-order valence-electron chi connectivity index (χ0n) is 7.61. The molecule has 0 radical (unpaired) electrons. The molecule has 0 atom stereocenters. The van der Waals surface area contributed by atoms with Crippen LogP contribution in [-0.2, 0) is 6.54 Å². The number of rotatable bonds is 3. The van der Waals surface area contributed by atoms with Crippen molar-refractivity contribution in [2.75, 3.05) is 18.8 Å². The monoisotopic (exact) mass is 274 g/mol. The molecule has 0 fully saturated rings. The molecule has 2 heterocycles. The van der Waals surface area contributed by atoms with Gasteiger partial charge in [0.05, 0.1) is 23.8 Å². The van der Waals surface area contributed by atoms with Gasteiger partial charge >= 0.3 is 0 Å². The van der Waals surface area contributed by atoms with E-state index in [1.54, 1.807) is 18.0 Å². The number of aliphatic imine (C=N–C) groups is 1. The van der Waals surface area contributed by atoms with Crippen molar-refractivity contribution >= 4 is 32.9 Å². The van der Waals surface area contributed by atoms with E-state index in [9.17, 15) is 0 Å². The maximum absolute atomic E-state index is 4.30. The highest BCUT2D eigenvalue weighted by atomic mass is 79.9. The molecule has 0 spiro atoms. The summed E-state index contributed by atoms with van der Waals surface area (Å²) in [5.41, 5.74) is 0. The van der Waals surface area contributed by atoms with E-state index in [4.69, 9.17) is 0 Å². The van der Waals surface area contributed by atoms with Crippen LogP contribution in [0.2, 0.25) is 0 Å². The van der Waals surface area contributed by atoms with Gasteiger partial charge in [0, 0.05) is 18.5 Å². The highest BCUT2D eigenvalue weighted by molar-refractivity contribution is 9.10. The van der Waals surface area contributed by atoms with Crippen molar-refractivity contribution in [1.29, 1.82) is 0 Å². The molecular weight excluding hydrogens is 264 g/mol. The Morgan fingerprint density at radius 1 is 1.64 bits per heavy atom. The van der Waals surface area contributed by atoms with Crippen molar-refractivity contribution in [3.8, 4) is 0 Å². The van der Waals surface area contributed by atoms with Gasteiger partial charge in [-0.2, -0.15) is 5.10 Å². The predicted octanol–water partition coefficient (Wildman–Crippen LogP) is 1.34. The van der Waals surface area contributed by atoms with Gasteiger partial charge in [-0.1, -0.05) is 11.8 Å². The van der Waals surface area contributed by atoms with Crippen LogP contribution < -0.4 is 5.32 Å². The van der Waals surface area contributed by atoms with Crippen LogP contribution in [0, 0.1) is 0 Å². The highest BCUT2D eigenvalue weighted by Crippen LogP contribution is 2.08. The summed E-state index contributed by atoms with van der Waals surface area (Å²) in [6, 6.07) is 0. The Labute approximate surface area is 95.3 Å². The van der Waals surface area contributed by atoms with E-state index in [2.05, 4.69) is 31.3 Å². The van der Waals surface area contributed by atoms with Gasteiger partial charge in [-0.3, -0.25) is 9.67 Å². The smallest absolute Gasteiger partial charge is 0.156 e. The molecule has 0 amide bonds. The van der Waals surface area contributed by atoms with Gasteiger partial charge in [-0.25, -0.2) is 0 Å². The zero-order chi connectivity index (χ0) is 9.80. The van der Waals surface area contributed by atoms with Gasteiger partial charge in [0.2, 0.25) is 0 Å². The fourth-order valence-electron chi connectivity index (χ4n) is 1.18. The van der Waals surface area contributed by atoms with Gasteiger partial charge < -0.3 is 5.32 Å². The van der Waals surface area contributed by atoms with Crippen molar-refractivity contribution < 1.29 is 0 Å². The van der Waals surface area contributed by atoms with Crippen LogP contribution >= 0.6 is 27.7 Å². The summed E-state index contributed by atoms with van der Waals surface area (Å²) in [6.07, 6.45) is 3.76. The number of aromatic nitrogens is 2. The number of nitrogens with zero attached hydrogens (tertiary/aromatic N) is 3. The van der Waals surface area contributed by atoms with Crippen molar-refractivity contribution in [1.82, 2.24) is 15.1 Å². The van der Waals surface area contributed by atoms with Crippen LogP contribution in [0.5, 0.6) is 0 Å². The Morgan fingerprint density at radius 2 is 2.57 bits per heavy atom. The molecule has 2 rings (SSSR count). The van der Waals surface area contributed by atoms with Gasteiger partial charge in [-0.15, -0.1) is 0 Å². The second-order valence-electron chi connectivity index (χ2n) is 2.88. The highest BCUT2D eigenvalue weighted by Gasteiger charge is 2.05. The first-order chi connectivity index (χ1) is 6.84. The van der Waals surface area contributed by atoms with E-state index in [1.165, 1.54) is 0 Å². The molecule has 1 aliphatic rings. The fourth-order valence-corrected chi connectivity index (χ4v) is 2.27. The molecule has 1 aromatic heterocycles. The lowest BCUT2D eigenvalue weighted by molar-refractivity contribution is 0.604. The molecule has 1 aliphatic heterocycles. The molecular formula is C8H11BrN4S. The summed E-state index contributed by atoms with van der Waals surface area (Å²) in [7, 11) is 0. The minimum absolute atomic E-state index is 0.866. The lowest BCUT2D eigenvalue weighted by Gasteiger charge is -2.04. The Morgan fingerprint density at radius 3 is 3.21 bits per heavy atom. The number of halogens is 1. The summed E-state index contributed by atoms with van der Waals surface area (Å²) in [6.45, 7) is 2.69. The second kappa shape index (κ2) is 4.84. The maximum Gasteiger partial charge on any atom is 0.156 e. The summed E-state index contributed by atoms with van der Waals surface area (Å²) in [5.74, 6) is 1.11. The molecule has 0 unspecified atom stereocenters. The molecule has 0 aromatic carbocycles. The van der Waals surface area contributed by atoms with E-state index in [0.717, 1.165) is 35.0 Å². The number of nitrogens with one attached hydrogen (secondary N) is 1. The van der Waals surface area contributed by atoms with Crippen LogP contribution in [0.25, 0.3) is 0 Å². The minimum atomic E-state index is 0.866. The van der Waals surface area contributed by atoms with Gasteiger partial charge in [0.25, 0.3) is 0 Å². The van der Waals surface area contributed by atoms with Gasteiger partial charge in [0.15, 0.2) is 5.17 Å². The topological polar surface area (TPSA) is 42.2 Å². The van der Waals surface area contributed by atoms with Crippen LogP contribution in [0.4, 0.5) is 0 Å². The lowest BCUT2D eigenvalue weighted by Crippen LogP contribution is -2.23. The van der Waals surface area contributed by atoms with E-state index in [1.807, 2.05) is 10.9 Å². The van der Waals surface area contributed by atoms with E-state index in [-0.39, 0.29) is 0 Å². The third kappa shape index (κ3) is 2.75. The SMILES string of the molecule is Brc1cnn(CCNC2=NCCS2)c1. The first-order valence-electron chi connectivity index (χ1n) is 4.44. The molecule has 1 aromatic rings. The summed E-state index contributed by atoms with van der Waals surface area (Å²) in [5, 5.41) is 8.51. The average Bonchev–Trinajstić information content (AvgIpc) is 2.77. The molecule has 4 nitrogen and oxygen atoms in total. The van der Waals surface area contributed by atoms with Gasteiger partial charge in [-0.05, 0) is 15.9 Å². The summed E-state index contributed by atoms with van der Waals surface area (Å²) < 4.78 is 2.92. The maximum atomic E-state index is 4.30. The minimum Gasteiger partial charge on any atom is -0.363 e. The molecule has 76 valence electrons. The van der Waals surface area contributed by atoms with Crippen LogP contribution in [0.15, 0.2) is 21.9 Å². The average molecular weight is 275 g/mol. The molecule has 0 saturated carbocycles. The summed E-state index contributed by atoms with van der Waals surface area (Å²) >= 11 is 5.14. The second-order valence-corrected chi connectivity index (χ2v) is 4.88. The molecule has 6 heteroatoms. The third-order valence-corrected chi connectivity index (χ3v) is 3.15. The van der Waals surface area contributed by atoms with Crippen LogP contribution in [-0.4, -0.2) is 33.8 Å². The molecule has 0 aliphatic carbocycles. The largest absolute Gasteiger partial charge is 0.363 e. The molecule has 1 N–H and O–H groups in total. The normalized spacial score (nSPS) is 15.6. The van der Waals surface area contributed by atoms with E-state index in [0.29, 0.717) is 0 Å². The third-order valence-electron chi connectivity index (χ3n) is 1.80. The van der Waals surface area contributed by atoms with E-state index < -0.39 is 0 Å². The zero-order valence-corrected chi connectivity index (χ0v) is 10.0. The Balaban J connectivity index is 1.72. The Hall–Kier alpha value is -0.490. The van der Waals surface area contributed by atoms with Crippen LogP contribution in [0.1, 0.15) is 0 Å². The Kier molecular flexibility index (Phi) is 3.47. The first kappa shape index (κ1) is 10.0. The van der Waals surface area contributed by atoms with Crippen LogP contribution in [0.3, 0.4) is 0 Å². The molecule has 0 saturated heterocycles. The fraction of sp³-hybridized carbons (Fsp3) is 0.500. The van der Waals surface area contributed by atoms with Crippen molar-refractivity contribution in [3.05, 3.63) is 16.9 Å². The van der Waals surface area contributed by atoms with Crippen molar-refractivity contribution in [3.63, 3.8) is 0 Å². The molecule has 14 heavy (non-hydrogen) atoms. The summed E-state index contributed by atoms with van der Waals surface area (Å²) in [4.78, 5) is 4.30. The number of thioether (sulfide) groups is 1. The number of amidine groups is 1. The lowest BCUT2D eigenvalue weighted by atomic mass is 10.6. The standard InChI is InChI=1S/C8H11BrN4S/c9-7-5-12-13(6-7)3-1-10-8-11-2-4-14-8/h5-6H,1-4H2,(H,10,11). The van der Waals surface area contributed by atoms with Crippen molar-refractivity contribution in [2.45, 2.75) is 6.54 Å². The predicted molar refractivity (Wildman–Crippen MR) is 62.7 cm³/mol. The van der Waals surface area contributed by atoms with Gasteiger partial charge in [0.1, 0.15) is 0 Å². The number of hydrogen-bond donors (Lipinski definition) is 1. The molecule has 0 bridgehead atoms. The number of hydrogen-bond acceptors (Lipinski definition) is 4. The quantitative estimate of drug-likeness (QED) is 0.905.